The zero-order valence-corrected chi connectivity index (χ0v) is 8.63. The van der Waals surface area contributed by atoms with Crippen molar-refractivity contribution in [3.05, 3.63) is 6.08 Å². The molecule has 2 heteroatoms. The average molecular weight is 182 g/mol. The van der Waals surface area contributed by atoms with E-state index in [9.17, 15) is 9.90 Å². The Morgan fingerprint density at radius 3 is 2.54 bits per heavy atom. The molecule has 0 aromatic rings. The van der Waals surface area contributed by atoms with Crippen molar-refractivity contribution in [2.24, 2.45) is 11.3 Å². The molecule has 1 N–H and O–H groups in total. The van der Waals surface area contributed by atoms with E-state index in [-0.39, 0.29) is 11.3 Å². The summed E-state index contributed by atoms with van der Waals surface area (Å²) in [5, 5.41) is 10.1. The zero-order chi connectivity index (χ0) is 10.1. The fourth-order valence-corrected chi connectivity index (χ4v) is 1.94. The van der Waals surface area contributed by atoms with E-state index in [0.29, 0.717) is 6.42 Å². The Labute approximate surface area is 79.6 Å². The largest absolute Gasteiger partial charge is 0.390 e. The van der Waals surface area contributed by atoms with Crippen LogP contribution in [0.25, 0.3) is 0 Å². The maximum Gasteiger partial charge on any atom is 0.120 e. The molecule has 1 aliphatic carbocycles. The highest BCUT2D eigenvalue weighted by Crippen LogP contribution is 2.45. The molecule has 2 atom stereocenters. The number of allylic oxidation sites excluding steroid dienone is 1. The van der Waals surface area contributed by atoms with Gasteiger partial charge < -0.3 is 5.11 Å². The molecule has 0 aromatic heterocycles. The fraction of sp³-hybridized carbons (Fsp3) is 0.818. The number of rotatable bonds is 1. The van der Waals surface area contributed by atoms with Gasteiger partial charge in [0.2, 0.25) is 0 Å². The van der Waals surface area contributed by atoms with Crippen molar-refractivity contribution in [2.75, 3.05) is 0 Å². The monoisotopic (exact) mass is 182 g/mol. The highest BCUT2D eigenvalue weighted by molar-refractivity contribution is 5.45. The van der Waals surface area contributed by atoms with E-state index in [1.165, 1.54) is 0 Å². The summed E-state index contributed by atoms with van der Waals surface area (Å²) in [6.07, 6.45) is 4.17. The van der Waals surface area contributed by atoms with E-state index >= 15 is 0 Å². The lowest BCUT2D eigenvalue weighted by Crippen LogP contribution is -2.46. The highest BCUT2D eigenvalue weighted by Gasteiger charge is 2.43. The number of hydrogen-bond acceptors (Lipinski definition) is 2. The second-order valence-electron chi connectivity index (χ2n) is 4.95. The van der Waals surface area contributed by atoms with Crippen LogP contribution in [0.5, 0.6) is 0 Å². The van der Waals surface area contributed by atoms with Crippen LogP contribution in [0.15, 0.2) is 6.08 Å². The summed E-state index contributed by atoms with van der Waals surface area (Å²) in [7, 11) is 0. The average Bonchev–Trinajstić information content (AvgIpc) is 1.98. The smallest absolute Gasteiger partial charge is 0.120 e. The summed E-state index contributed by atoms with van der Waals surface area (Å²) in [4.78, 5) is 10.2. The van der Waals surface area contributed by atoms with Crippen LogP contribution in [-0.2, 0) is 4.79 Å². The Bertz CT molecular complexity index is 234. The molecule has 0 heterocycles. The summed E-state index contributed by atoms with van der Waals surface area (Å²) in [6.45, 7) is 6.01. The van der Waals surface area contributed by atoms with Crippen molar-refractivity contribution in [3.63, 3.8) is 0 Å². The van der Waals surface area contributed by atoms with Gasteiger partial charge in [-0.25, -0.2) is 4.79 Å². The Morgan fingerprint density at radius 1 is 1.46 bits per heavy atom. The molecule has 0 aromatic carbocycles. The molecule has 1 saturated carbocycles. The highest BCUT2D eigenvalue weighted by atomic mass is 16.3. The topological polar surface area (TPSA) is 37.3 Å². The van der Waals surface area contributed by atoms with Crippen LogP contribution in [0.3, 0.4) is 0 Å². The molecule has 2 unspecified atom stereocenters. The molecule has 0 radical (unpaired) electrons. The second kappa shape index (κ2) is 3.28. The fourth-order valence-electron chi connectivity index (χ4n) is 1.94. The SMILES string of the molecule is CC1(C)CCC(C=C=O)CC1(C)O. The van der Waals surface area contributed by atoms with Gasteiger partial charge in [0.1, 0.15) is 5.94 Å². The molecule has 74 valence electrons. The number of hydrogen-bond donors (Lipinski definition) is 1. The zero-order valence-electron chi connectivity index (χ0n) is 8.63. The Hall–Kier alpha value is -0.590. The summed E-state index contributed by atoms with van der Waals surface area (Å²) in [5.41, 5.74) is -0.705. The summed E-state index contributed by atoms with van der Waals surface area (Å²) in [5.74, 6) is 2.03. The first-order valence-electron chi connectivity index (χ1n) is 4.82. The Morgan fingerprint density at radius 2 is 2.08 bits per heavy atom. The summed E-state index contributed by atoms with van der Waals surface area (Å²) >= 11 is 0. The Balaban J connectivity index is 2.76. The van der Waals surface area contributed by atoms with Gasteiger partial charge in [0, 0.05) is 6.08 Å². The van der Waals surface area contributed by atoms with Gasteiger partial charge in [-0.1, -0.05) is 13.8 Å². The molecule has 1 aliphatic rings. The van der Waals surface area contributed by atoms with Crippen molar-refractivity contribution >= 4 is 5.94 Å². The molecule has 1 rings (SSSR count). The van der Waals surface area contributed by atoms with Gasteiger partial charge >= 0.3 is 0 Å². The van der Waals surface area contributed by atoms with Gasteiger partial charge in [0.05, 0.1) is 5.60 Å². The Kier molecular flexibility index (Phi) is 2.65. The van der Waals surface area contributed by atoms with Crippen LogP contribution in [-0.4, -0.2) is 16.6 Å². The van der Waals surface area contributed by atoms with Crippen LogP contribution < -0.4 is 0 Å². The first-order chi connectivity index (χ1) is 5.89. The van der Waals surface area contributed by atoms with Crippen LogP contribution in [0, 0.1) is 11.3 Å². The molecule has 13 heavy (non-hydrogen) atoms. The van der Waals surface area contributed by atoms with E-state index in [2.05, 4.69) is 13.8 Å². The van der Waals surface area contributed by atoms with Gasteiger partial charge in [0.15, 0.2) is 0 Å². The minimum absolute atomic E-state index is 0.0414. The third-order valence-electron chi connectivity index (χ3n) is 3.56. The minimum Gasteiger partial charge on any atom is -0.390 e. The molecule has 0 spiro atoms. The lowest BCUT2D eigenvalue weighted by atomic mass is 9.63. The van der Waals surface area contributed by atoms with E-state index in [1.807, 2.05) is 12.9 Å². The standard InChI is InChI=1S/C11H18O2/c1-10(2)6-4-9(5-7-12)8-11(10,3)13/h5,9,13H,4,6,8H2,1-3H3. The first-order valence-corrected chi connectivity index (χ1v) is 4.82. The van der Waals surface area contributed by atoms with Crippen LogP contribution in [0.2, 0.25) is 0 Å². The predicted octanol–water partition coefficient (Wildman–Crippen LogP) is 1.95. The lowest BCUT2D eigenvalue weighted by Gasteiger charge is -2.46. The van der Waals surface area contributed by atoms with Gasteiger partial charge in [-0.3, -0.25) is 0 Å². The lowest BCUT2D eigenvalue weighted by molar-refractivity contribution is -0.0916. The molecular weight excluding hydrogens is 164 g/mol. The van der Waals surface area contributed by atoms with Gasteiger partial charge in [0.25, 0.3) is 0 Å². The quantitative estimate of drug-likeness (QED) is 0.629. The van der Waals surface area contributed by atoms with E-state index in [4.69, 9.17) is 0 Å². The van der Waals surface area contributed by atoms with E-state index < -0.39 is 5.60 Å². The van der Waals surface area contributed by atoms with Gasteiger partial charge in [-0.15, -0.1) is 0 Å². The summed E-state index contributed by atoms with van der Waals surface area (Å²) in [6, 6.07) is 0. The summed E-state index contributed by atoms with van der Waals surface area (Å²) < 4.78 is 0. The van der Waals surface area contributed by atoms with Crippen molar-refractivity contribution in [1.29, 1.82) is 0 Å². The van der Waals surface area contributed by atoms with Crippen molar-refractivity contribution in [1.82, 2.24) is 0 Å². The normalized spacial score (nSPS) is 38.0. The van der Waals surface area contributed by atoms with Crippen molar-refractivity contribution < 1.29 is 9.90 Å². The second-order valence-corrected chi connectivity index (χ2v) is 4.95. The predicted molar refractivity (Wildman–Crippen MR) is 52.0 cm³/mol. The first kappa shape index (κ1) is 10.5. The number of aliphatic hydroxyl groups is 1. The van der Waals surface area contributed by atoms with Crippen LogP contribution in [0.1, 0.15) is 40.0 Å². The van der Waals surface area contributed by atoms with Crippen molar-refractivity contribution in [2.45, 2.75) is 45.6 Å². The molecular formula is C11H18O2. The third kappa shape index (κ3) is 2.01. The molecule has 0 amide bonds. The van der Waals surface area contributed by atoms with E-state index in [0.717, 1.165) is 12.8 Å². The van der Waals surface area contributed by atoms with Crippen molar-refractivity contribution in [3.8, 4) is 0 Å². The third-order valence-corrected chi connectivity index (χ3v) is 3.56. The molecule has 1 fully saturated rings. The van der Waals surface area contributed by atoms with E-state index in [1.54, 1.807) is 6.08 Å². The minimum atomic E-state index is -0.663. The van der Waals surface area contributed by atoms with Crippen LogP contribution >= 0.6 is 0 Å². The maximum absolute atomic E-state index is 10.2. The molecule has 0 saturated heterocycles. The van der Waals surface area contributed by atoms with Gasteiger partial charge in [-0.05, 0) is 37.5 Å². The molecule has 0 bridgehead atoms. The van der Waals surface area contributed by atoms with Gasteiger partial charge in [-0.2, -0.15) is 0 Å². The maximum atomic E-state index is 10.2. The van der Waals surface area contributed by atoms with Crippen LogP contribution in [0.4, 0.5) is 0 Å². The number of carbonyl (C=O) groups excluding carboxylic acids is 1. The molecule has 2 nitrogen and oxygen atoms in total. The molecule has 0 aliphatic heterocycles.